The Hall–Kier alpha value is -2.11. The van der Waals surface area contributed by atoms with E-state index >= 15 is 0 Å². The van der Waals surface area contributed by atoms with Crippen molar-refractivity contribution in [3.63, 3.8) is 0 Å². The van der Waals surface area contributed by atoms with Crippen LogP contribution >= 0.6 is 20.2 Å². The molecule has 2 aromatic carbocycles. The van der Waals surface area contributed by atoms with Crippen molar-refractivity contribution in [3.05, 3.63) is 76.6 Å². The second-order valence-corrected chi connectivity index (χ2v) is 16.8. The first-order chi connectivity index (χ1) is 19.6. The molecule has 1 aromatic heterocycles. The zero-order valence-corrected chi connectivity index (χ0v) is 31.0. The second-order valence-electron chi connectivity index (χ2n) is 15.0. The van der Waals surface area contributed by atoms with E-state index in [1.165, 1.54) is 22.3 Å². The molecule has 0 amide bonds. The van der Waals surface area contributed by atoms with Gasteiger partial charge in [0.15, 0.2) is 11.6 Å². The summed E-state index contributed by atoms with van der Waals surface area (Å²) in [7, 11) is 9.53. The van der Waals surface area contributed by atoms with Gasteiger partial charge in [0.2, 0.25) is 0 Å². The molecule has 1 heterocycles. The van der Waals surface area contributed by atoms with Crippen molar-refractivity contribution in [1.29, 1.82) is 0 Å². The third kappa shape index (κ3) is 9.94. The maximum absolute atomic E-state index is 5.16. The molecule has 236 valence electrons. The van der Waals surface area contributed by atoms with Crippen molar-refractivity contribution in [2.75, 3.05) is 0 Å². The van der Waals surface area contributed by atoms with Gasteiger partial charge in [0, 0.05) is 0 Å². The van der Waals surface area contributed by atoms with Gasteiger partial charge in [-0.3, -0.25) is 0 Å². The number of para-hydroxylation sites is 2. The summed E-state index contributed by atoms with van der Waals surface area (Å²) in [6.45, 7) is 30.7. The van der Waals surface area contributed by atoms with E-state index < -0.39 is 0 Å². The number of hydrogen-bond donors (Lipinski definition) is 0. The fourth-order valence-electron chi connectivity index (χ4n) is 4.83. The molecule has 5 nitrogen and oxygen atoms in total. The molecule has 0 saturated carbocycles. The maximum atomic E-state index is 5.16. The molecule has 3 aromatic rings. The van der Waals surface area contributed by atoms with Crippen LogP contribution in [0, 0.1) is 0 Å². The van der Waals surface area contributed by atoms with Crippen LogP contribution in [0.5, 0.6) is 0 Å². The molecule has 0 bridgehead atoms. The Labute approximate surface area is 275 Å². The molecule has 0 fully saturated rings. The Balaban J connectivity index is 0.00000206. The number of aliphatic imine (C=N–C) groups is 2. The van der Waals surface area contributed by atoms with Crippen molar-refractivity contribution in [3.8, 4) is 0 Å². The summed E-state index contributed by atoms with van der Waals surface area (Å²) >= 11 is 0.194. The number of hydrogen-bond acceptors (Lipinski definition) is 5. The molecular formula is C35H49Cl2FeN5. The quantitative estimate of drug-likeness (QED) is 0.206. The Morgan fingerprint density at radius 1 is 0.558 bits per heavy atom. The van der Waals surface area contributed by atoms with Crippen LogP contribution in [0.3, 0.4) is 0 Å². The number of halogens is 2. The summed E-state index contributed by atoms with van der Waals surface area (Å²) in [5, 5.41) is 0. The SMILES string of the molecule is CC(=Nc1c(C(C)(C)C)cccc1C(C)(C)C)c1ncnc(C(C)=Nc2c(C(C)(C)C)cccc2C(C)(C)C)n1.[Cl][Fe][Cl]. The first-order valence-electron chi connectivity index (χ1n) is 14.6. The van der Waals surface area contributed by atoms with Crippen molar-refractivity contribution in [1.82, 2.24) is 15.0 Å². The minimum absolute atomic E-state index is 0.0565. The third-order valence-electron chi connectivity index (χ3n) is 7.08. The van der Waals surface area contributed by atoms with Crippen LogP contribution in [-0.4, -0.2) is 26.4 Å². The number of aromatic nitrogens is 3. The van der Waals surface area contributed by atoms with E-state index in [-0.39, 0.29) is 34.8 Å². The van der Waals surface area contributed by atoms with Gasteiger partial charge in [-0.1, -0.05) is 119 Å². The second kappa shape index (κ2) is 14.3. The van der Waals surface area contributed by atoms with Crippen LogP contribution in [0.15, 0.2) is 52.7 Å². The first-order valence-corrected chi connectivity index (χ1v) is 17.6. The first kappa shape index (κ1) is 37.1. The summed E-state index contributed by atoms with van der Waals surface area (Å²) < 4.78 is 0. The normalized spacial score (nSPS) is 13.6. The summed E-state index contributed by atoms with van der Waals surface area (Å²) in [6, 6.07) is 13.0. The summed E-state index contributed by atoms with van der Waals surface area (Å²) in [4.78, 5) is 24.2. The molecule has 0 aliphatic carbocycles. The minimum atomic E-state index is -0.0565. The standard InChI is InChI=1S/C35H49N5.2ClH.Fe/c1-22(38-28-24(32(3,4)5)17-15-18-25(28)33(6,7)8)30-36-21-37-31(40-30)23(2)39-29-26(34(9,10)11)19-16-20-27(29)35(12,13)14;;;/h15-21H,1-14H3;2*1H;/q;;;+2/p-2. The van der Waals surface area contributed by atoms with E-state index in [0.717, 1.165) is 22.8 Å². The molecule has 8 heteroatoms. The fourth-order valence-corrected chi connectivity index (χ4v) is 4.83. The zero-order chi connectivity index (χ0) is 33.0. The van der Waals surface area contributed by atoms with Gasteiger partial charge in [-0.15, -0.1) is 0 Å². The van der Waals surface area contributed by atoms with E-state index in [9.17, 15) is 0 Å². The molecule has 43 heavy (non-hydrogen) atoms. The van der Waals surface area contributed by atoms with Crippen LogP contribution in [0.25, 0.3) is 0 Å². The molecular weight excluding hydrogens is 617 g/mol. The molecule has 0 unspecified atom stereocenters. The van der Waals surface area contributed by atoms with E-state index in [4.69, 9.17) is 35.2 Å². The Morgan fingerprint density at radius 3 is 1.05 bits per heavy atom. The molecule has 0 atom stereocenters. The van der Waals surface area contributed by atoms with E-state index in [1.807, 2.05) is 13.8 Å². The van der Waals surface area contributed by atoms with Crippen LogP contribution in [0.4, 0.5) is 11.4 Å². The van der Waals surface area contributed by atoms with Crippen molar-refractivity contribution in [2.24, 2.45) is 9.98 Å². The van der Waals surface area contributed by atoms with Gasteiger partial charge in [0.05, 0.1) is 22.8 Å². The molecule has 0 spiro atoms. The molecule has 0 radical (unpaired) electrons. The fraction of sp³-hybridized carbons (Fsp3) is 0.514. The van der Waals surface area contributed by atoms with Crippen molar-refractivity contribution in [2.45, 2.75) is 119 Å². The van der Waals surface area contributed by atoms with Crippen LogP contribution in [0.2, 0.25) is 0 Å². The van der Waals surface area contributed by atoms with Gasteiger partial charge in [-0.2, -0.15) is 0 Å². The molecule has 3 rings (SSSR count). The van der Waals surface area contributed by atoms with Crippen molar-refractivity contribution >= 4 is 43.0 Å². The number of rotatable bonds is 4. The number of benzene rings is 2. The van der Waals surface area contributed by atoms with Crippen molar-refractivity contribution < 1.29 is 13.1 Å². The molecule has 0 N–H and O–H groups in total. The Bertz CT molecular complexity index is 1300. The zero-order valence-electron chi connectivity index (χ0n) is 28.4. The van der Waals surface area contributed by atoms with Crippen LogP contribution < -0.4 is 0 Å². The van der Waals surface area contributed by atoms with Gasteiger partial charge in [-0.05, 0) is 57.8 Å². The summed E-state index contributed by atoms with van der Waals surface area (Å²) in [5.74, 6) is 1.12. The van der Waals surface area contributed by atoms with Gasteiger partial charge in [0.25, 0.3) is 0 Å². The predicted molar refractivity (Wildman–Crippen MR) is 183 cm³/mol. The van der Waals surface area contributed by atoms with E-state index in [0.29, 0.717) is 11.6 Å². The third-order valence-corrected chi connectivity index (χ3v) is 7.08. The van der Waals surface area contributed by atoms with E-state index in [2.05, 4.69) is 129 Å². The Kier molecular flexibility index (Phi) is 12.4. The average molecular weight is 667 g/mol. The molecule has 0 aliphatic heterocycles. The van der Waals surface area contributed by atoms with Gasteiger partial charge in [0.1, 0.15) is 6.33 Å². The topological polar surface area (TPSA) is 63.4 Å². The molecule has 0 saturated heterocycles. The number of nitrogens with zero attached hydrogens (tertiary/aromatic N) is 5. The monoisotopic (exact) mass is 665 g/mol. The molecule has 0 aliphatic rings. The van der Waals surface area contributed by atoms with Gasteiger partial charge < -0.3 is 0 Å². The predicted octanol–water partition coefficient (Wildman–Crippen LogP) is 10.7. The average Bonchev–Trinajstić information content (AvgIpc) is 2.87. The Morgan fingerprint density at radius 2 is 0.814 bits per heavy atom. The van der Waals surface area contributed by atoms with Gasteiger partial charge >= 0.3 is 33.3 Å². The summed E-state index contributed by atoms with van der Waals surface area (Å²) in [5.41, 5.74) is 8.12. The van der Waals surface area contributed by atoms with Crippen LogP contribution in [-0.2, 0) is 34.8 Å². The van der Waals surface area contributed by atoms with Gasteiger partial charge in [-0.25, -0.2) is 24.9 Å². The van der Waals surface area contributed by atoms with E-state index in [1.54, 1.807) is 6.33 Å². The summed E-state index contributed by atoms with van der Waals surface area (Å²) in [6.07, 6.45) is 1.57. The van der Waals surface area contributed by atoms with Crippen LogP contribution in [0.1, 0.15) is 131 Å².